The molecule has 3 nitrogen and oxygen atoms in total. The Hall–Kier alpha value is -7.57. The van der Waals surface area contributed by atoms with Crippen molar-refractivity contribution in [2.75, 3.05) is 0 Å². The average molecular weight is 1120 g/mol. The van der Waals surface area contributed by atoms with Crippen molar-refractivity contribution in [3.63, 3.8) is 0 Å². The van der Waals surface area contributed by atoms with E-state index in [2.05, 4.69) is 15.9 Å². The van der Waals surface area contributed by atoms with Crippen LogP contribution in [-0.2, 0) is 13.0 Å². The molecule has 0 unspecified atom stereocenters. The predicted octanol–water partition coefficient (Wildman–Crippen LogP) is 11.0. The zero-order valence-electron chi connectivity index (χ0n) is 35.9. The fourth-order valence-electron chi connectivity index (χ4n) is 8.28. The third kappa shape index (κ3) is 8.93. The van der Waals surface area contributed by atoms with Gasteiger partial charge in [0.25, 0.3) is 0 Å². The Kier molecular flexibility index (Phi) is 15.2. The third-order valence-electron chi connectivity index (χ3n) is 11.6. The molecule has 7 aromatic carbocycles. The molecule has 0 atom stereocenters. The standard InChI is InChI=1S/C25H19BrNO2.C24BF20/c26-21-13-10-20(11-14-21)24(28)16-22-15-12-18-6-4-5-9-23(18)27(22)17-25(29)19-7-2-1-3-8-19;26-5-1(6(27)14(35)21(42)13(5)34)25(2-7(28)15(36)22(43)16(37)8(2)29,3-9(30)17(38)23(44)18(39)10(3)31)4-11(32)19(40)24(45)20(41)12(4)33/h1-15H,16-17H2;/q+1;-1. The summed E-state index contributed by atoms with van der Waals surface area (Å²) in [6.45, 7) is 0.189. The average Bonchev–Trinajstić information content (AvgIpc) is 3.39. The molecule has 0 N–H and O–H groups in total. The summed E-state index contributed by atoms with van der Waals surface area (Å²) in [6, 6.07) is 28.5. The van der Waals surface area contributed by atoms with E-state index in [0.717, 1.165) is 21.1 Å². The molecular formula is C49H19BBrF20NO2. The van der Waals surface area contributed by atoms with E-state index in [1.54, 1.807) is 0 Å². The van der Waals surface area contributed by atoms with Gasteiger partial charge < -0.3 is 0 Å². The topological polar surface area (TPSA) is 38.0 Å². The quantitative estimate of drug-likeness (QED) is 0.0342. The van der Waals surface area contributed by atoms with Gasteiger partial charge in [0.15, 0.2) is 81.3 Å². The van der Waals surface area contributed by atoms with Gasteiger partial charge in [-0.15, -0.1) is 21.9 Å². The summed E-state index contributed by atoms with van der Waals surface area (Å²) < 4.78 is 297. The molecule has 1 heterocycles. The Balaban J connectivity index is 0.000000237. The molecule has 74 heavy (non-hydrogen) atoms. The Morgan fingerprint density at radius 1 is 0.351 bits per heavy atom. The molecule has 25 heteroatoms. The zero-order valence-corrected chi connectivity index (χ0v) is 37.4. The van der Waals surface area contributed by atoms with Crippen LogP contribution in [0.5, 0.6) is 0 Å². The number of halogens is 21. The minimum Gasteiger partial charge on any atom is -0.294 e. The number of ketones is 2. The molecule has 0 fully saturated rings. The maximum Gasteiger partial charge on any atom is 0.227 e. The SMILES string of the molecule is Fc1c(F)c(F)c([B-](c2c(F)c(F)c(F)c(F)c2F)(c2c(F)c(F)c(F)c(F)c2F)c2c(F)c(F)c(F)c(F)c2F)c(F)c1F.O=C(Cc1ccc2ccccc2[n+]1CC(=O)c1ccccc1)c1ccc(Br)cc1. The fraction of sp³-hybridized carbons (Fsp3) is 0.0408. The normalized spacial score (nSPS) is 11.5. The second kappa shape index (κ2) is 20.7. The molecule has 0 bridgehead atoms. The van der Waals surface area contributed by atoms with Gasteiger partial charge in [-0.3, -0.25) is 9.59 Å². The lowest BCUT2D eigenvalue weighted by atomic mass is 9.12. The molecule has 0 saturated carbocycles. The maximum absolute atomic E-state index is 15.4. The Morgan fingerprint density at radius 3 is 1.03 bits per heavy atom. The van der Waals surface area contributed by atoms with Crippen molar-refractivity contribution in [3.8, 4) is 0 Å². The van der Waals surface area contributed by atoms with Crippen LogP contribution in [0.25, 0.3) is 10.9 Å². The van der Waals surface area contributed by atoms with Gasteiger partial charge in [-0.25, -0.2) is 87.8 Å². The van der Waals surface area contributed by atoms with Crippen LogP contribution in [0.15, 0.2) is 95.5 Å². The van der Waals surface area contributed by atoms with E-state index in [1.165, 1.54) is 0 Å². The summed E-state index contributed by atoms with van der Waals surface area (Å²) in [5.41, 5.74) is -11.2. The number of hydrogen-bond acceptors (Lipinski definition) is 2. The number of pyridine rings is 1. The van der Waals surface area contributed by atoms with Crippen LogP contribution in [0.1, 0.15) is 26.4 Å². The van der Waals surface area contributed by atoms with Crippen molar-refractivity contribution in [2.24, 2.45) is 0 Å². The van der Waals surface area contributed by atoms with Crippen LogP contribution in [0, 0.1) is 116 Å². The van der Waals surface area contributed by atoms with E-state index < -0.39 is 144 Å². The highest BCUT2D eigenvalue weighted by Crippen LogP contribution is 2.31. The first kappa shape index (κ1) is 54.2. The van der Waals surface area contributed by atoms with E-state index in [1.807, 2.05) is 95.6 Å². The summed E-state index contributed by atoms with van der Waals surface area (Å²) in [4.78, 5) is 25.7. The van der Waals surface area contributed by atoms with Gasteiger partial charge in [0.05, 0.1) is 6.42 Å². The molecule has 382 valence electrons. The first-order valence-electron chi connectivity index (χ1n) is 20.3. The van der Waals surface area contributed by atoms with E-state index in [4.69, 9.17) is 0 Å². The Morgan fingerprint density at radius 2 is 0.662 bits per heavy atom. The summed E-state index contributed by atoms with van der Waals surface area (Å²) in [5, 5.41) is 1.04. The molecule has 0 amide bonds. The van der Waals surface area contributed by atoms with Gasteiger partial charge in [-0.1, -0.05) is 70.5 Å². The molecule has 8 rings (SSSR count). The monoisotopic (exact) mass is 1120 g/mol. The summed E-state index contributed by atoms with van der Waals surface area (Å²) >= 11 is 3.40. The number of benzene rings is 7. The number of nitrogens with zero attached hydrogens (tertiary/aromatic N) is 1. The number of carbonyl (C=O) groups is 2. The number of rotatable bonds is 10. The van der Waals surface area contributed by atoms with Crippen molar-refractivity contribution in [2.45, 2.75) is 13.0 Å². The lowest BCUT2D eigenvalue weighted by Gasteiger charge is -2.44. The molecule has 0 radical (unpaired) electrons. The van der Waals surface area contributed by atoms with Gasteiger partial charge in [-0.05, 0) is 24.3 Å². The molecular weight excluding hydrogens is 1110 g/mol. The van der Waals surface area contributed by atoms with Gasteiger partial charge in [0.1, 0.15) is 52.7 Å². The van der Waals surface area contributed by atoms with Crippen LogP contribution >= 0.6 is 15.9 Å². The Labute approximate surface area is 409 Å². The molecule has 0 spiro atoms. The summed E-state index contributed by atoms with van der Waals surface area (Å²) in [7, 11) is 0. The predicted molar refractivity (Wildman–Crippen MR) is 226 cm³/mol. The molecule has 0 aliphatic heterocycles. The number of para-hydroxylation sites is 1. The van der Waals surface area contributed by atoms with Gasteiger partial charge in [0, 0.05) is 33.1 Å². The Bertz CT molecular complexity index is 3240. The molecule has 8 aromatic rings. The second-order valence-corrected chi connectivity index (χ2v) is 16.6. The van der Waals surface area contributed by atoms with E-state index in [9.17, 15) is 62.3 Å². The van der Waals surface area contributed by atoms with Crippen molar-refractivity contribution in [1.82, 2.24) is 0 Å². The molecule has 0 saturated heterocycles. The first-order valence-corrected chi connectivity index (χ1v) is 21.1. The van der Waals surface area contributed by atoms with Crippen LogP contribution in [-0.4, -0.2) is 17.7 Å². The number of Topliss-reactive ketones (excluding diaryl/α,β-unsaturated/α-hetero) is 2. The minimum atomic E-state index is -7.22. The highest BCUT2D eigenvalue weighted by Gasteiger charge is 2.52. The van der Waals surface area contributed by atoms with Crippen LogP contribution in [0.3, 0.4) is 0 Å². The number of carbonyl (C=O) groups excluding carboxylic acids is 2. The van der Waals surface area contributed by atoms with Crippen LogP contribution in [0.2, 0.25) is 0 Å². The van der Waals surface area contributed by atoms with Gasteiger partial charge in [-0.2, -0.15) is 4.57 Å². The number of fused-ring (bicyclic) bond motifs is 1. The zero-order chi connectivity index (χ0) is 54.6. The van der Waals surface area contributed by atoms with Gasteiger partial charge >= 0.3 is 0 Å². The largest absolute Gasteiger partial charge is 0.294 e. The lowest BCUT2D eigenvalue weighted by molar-refractivity contribution is -0.664. The number of aromatic nitrogens is 1. The van der Waals surface area contributed by atoms with Crippen LogP contribution < -0.4 is 26.4 Å². The van der Waals surface area contributed by atoms with Crippen molar-refractivity contribution in [3.05, 3.63) is 229 Å². The van der Waals surface area contributed by atoms with E-state index >= 15 is 35.1 Å². The highest BCUT2D eigenvalue weighted by molar-refractivity contribution is 9.10. The number of hydrogen-bond donors (Lipinski definition) is 0. The van der Waals surface area contributed by atoms with Gasteiger partial charge in [0.2, 0.25) is 17.8 Å². The molecule has 0 aliphatic rings. The smallest absolute Gasteiger partial charge is 0.227 e. The van der Waals surface area contributed by atoms with Crippen LogP contribution in [0.4, 0.5) is 87.8 Å². The molecule has 1 aromatic heterocycles. The first-order chi connectivity index (χ1) is 34.8. The van der Waals surface area contributed by atoms with E-state index in [0.29, 0.717) is 11.1 Å². The van der Waals surface area contributed by atoms with Crippen molar-refractivity contribution in [1.29, 1.82) is 0 Å². The minimum absolute atomic E-state index is 0.0179. The van der Waals surface area contributed by atoms with Crippen molar-refractivity contribution >= 4 is 66.4 Å². The summed E-state index contributed by atoms with van der Waals surface area (Å²) in [6.07, 6.45) is -6.99. The second-order valence-electron chi connectivity index (χ2n) is 15.7. The maximum atomic E-state index is 15.4. The van der Waals surface area contributed by atoms with Crippen molar-refractivity contribution < 1.29 is 102 Å². The lowest BCUT2D eigenvalue weighted by Crippen LogP contribution is -2.81. The molecule has 0 aliphatic carbocycles. The summed E-state index contributed by atoms with van der Waals surface area (Å²) in [5.74, 6) is -71.4. The fourth-order valence-corrected chi connectivity index (χ4v) is 8.55. The highest BCUT2D eigenvalue weighted by atomic mass is 79.9. The van der Waals surface area contributed by atoms with E-state index in [-0.39, 0.29) is 24.5 Å². The third-order valence-corrected chi connectivity index (χ3v) is 12.2.